The Kier molecular flexibility index (Phi) is 6.70. The number of rotatable bonds is 7. The number of benzene rings is 2. The third-order valence-electron chi connectivity index (χ3n) is 5.38. The van der Waals surface area contributed by atoms with Gasteiger partial charge < -0.3 is 14.0 Å². The Morgan fingerprint density at radius 2 is 1.71 bits per heavy atom. The Hall–Kier alpha value is -2.68. The summed E-state index contributed by atoms with van der Waals surface area (Å²) < 4.78 is 30.1. The van der Waals surface area contributed by atoms with Crippen LogP contribution in [0, 0.1) is 5.82 Å². The summed E-state index contributed by atoms with van der Waals surface area (Å²) in [6, 6.07) is 10.3. The van der Waals surface area contributed by atoms with Gasteiger partial charge in [0.15, 0.2) is 11.5 Å². The molecular weight excluding hydrogens is 423 g/mol. The number of methoxy groups -OCH3 is 2. The van der Waals surface area contributed by atoms with E-state index in [4.69, 9.17) is 25.6 Å². The van der Waals surface area contributed by atoms with Crippen molar-refractivity contribution in [1.29, 1.82) is 0 Å². The Morgan fingerprint density at radius 1 is 1.00 bits per heavy atom. The smallest absolute Gasteiger partial charge is 0.241 e. The lowest BCUT2D eigenvalue weighted by atomic mass is 10.2. The first kappa shape index (κ1) is 21.5. The van der Waals surface area contributed by atoms with Gasteiger partial charge in [-0.1, -0.05) is 22.8 Å². The van der Waals surface area contributed by atoms with Gasteiger partial charge >= 0.3 is 0 Å². The van der Waals surface area contributed by atoms with E-state index in [1.54, 1.807) is 26.4 Å². The predicted octanol–water partition coefficient (Wildman–Crippen LogP) is 3.86. The summed E-state index contributed by atoms with van der Waals surface area (Å²) in [5.41, 5.74) is 1.34. The molecule has 0 saturated carbocycles. The fraction of sp³-hybridized carbons (Fsp3) is 0.364. The van der Waals surface area contributed by atoms with Crippen molar-refractivity contribution in [3.8, 4) is 22.9 Å². The molecule has 1 saturated heterocycles. The van der Waals surface area contributed by atoms with E-state index < -0.39 is 0 Å². The molecule has 3 aromatic rings. The fourth-order valence-corrected chi connectivity index (χ4v) is 3.84. The molecule has 0 aliphatic carbocycles. The van der Waals surface area contributed by atoms with Crippen molar-refractivity contribution in [2.75, 3.05) is 40.4 Å². The van der Waals surface area contributed by atoms with Gasteiger partial charge in [-0.25, -0.2) is 4.39 Å². The average molecular weight is 447 g/mol. The monoisotopic (exact) mass is 446 g/mol. The number of ether oxygens (including phenoxy) is 2. The van der Waals surface area contributed by atoms with E-state index >= 15 is 0 Å². The third-order valence-corrected chi connectivity index (χ3v) is 5.73. The van der Waals surface area contributed by atoms with Crippen LogP contribution in [0.4, 0.5) is 4.39 Å². The maximum absolute atomic E-state index is 14.0. The molecule has 1 aromatic heterocycles. The Balaban J connectivity index is 1.34. The van der Waals surface area contributed by atoms with Crippen LogP contribution in [0.1, 0.15) is 11.5 Å². The van der Waals surface area contributed by atoms with Crippen molar-refractivity contribution < 1.29 is 18.4 Å². The second-order valence-electron chi connectivity index (χ2n) is 7.33. The van der Waals surface area contributed by atoms with Gasteiger partial charge in [0.25, 0.3) is 0 Å². The molecule has 1 aliphatic heterocycles. The minimum Gasteiger partial charge on any atom is -0.493 e. The zero-order chi connectivity index (χ0) is 21.8. The fourth-order valence-electron chi connectivity index (χ4n) is 3.62. The summed E-state index contributed by atoms with van der Waals surface area (Å²) in [6.45, 7) is 4.32. The van der Waals surface area contributed by atoms with Gasteiger partial charge in [0.2, 0.25) is 11.7 Å². The molecule has 7 nitrogen and oxygen atoms in total. The molecule has 31 heavy (non-hydrogen) atoms. The van der Waals surface area contributed by atoms with Gasteiger partial charge in [0, 0.05) is 48.9 Å². The van der Waals surface area contributed by atoms with E-state index in [9.17, 15) is 4.39 Å². The van der Waals surface area contributed by atoms with Crippen molar-refractivity contribution in [3.05, 3.63) is 58.7 Å². The van der Waals surface area contributed by atoms with Gasteiger partial charge in [-0.2, -0.15) is 4.98 Å². The molecule has 164 valence electrons. The number of halogens is 2. The van der Waals surface area contributed by atoms with Crippen LogP contribution in [0.5, 0.6) is 11.5 Å². The topological polar surface area (TPSA) is 63.9 Å². The summed E-state index contributed by atoms with van der Waals surface area (Å²) in [4.78, 5) is 8.96. The van der Waals surface area contributed by atoms with E-state index in [0.29, 0.717) is 46.9 Å². The minimum atomic E-state index is -0.261. The Labute approximate surface area is 185 Å². The molecule has 0 N–H and O–H groups in total. The summed E-state index contributed by atoms with van der Waals surface area (Å²) in [6.07, 6.45) is 0. The van der Waals surface area contributed by atoms with Gasteiger partial charge in [0.1, 0.15) is 5.82 Å². The number of nitrogens with zero attached hydrogens (tertiary/aromatic N) is 4. The van der Waals surface area contributed by atoms with Gasteiger partial charge in [-0.3, -0.25) is 9.80 Å². The van der Waals surface area contributed by atoms with Crippen molar-refractivity contribution in [1.82, 2.24) is 19.9 Å². The lowest BCUT2D eigenvalue weighted by Crippen LogP contribution is -2.45. The molecule has 0 unspecified atom stereocenters. The number of aromatic nitrogens is 2. The van der Waals surface area contributed by atoms with Crippen LogP contribution < -0.4 is 9.47 Å². The van der Waals surface area contributed by atoms with E-state index in [0.717, 1.165) is 31.7 Å². The Morgan fingerprint density at radius 3 is 2.39 bits per heavy atom. The van der Waals surface area contributed by atoms with E-state index in [1.807, 2.05) is 18.2 Å². The maximum Gasteiger partial charge on any atom is 0.241 e. The van der Waals surface area contributed by atoms with Gasteiger partial charge in [-0.05, 0) is 30.3 Å². The van der Waals surface area contributed by atoms with E-state index in [2.05, 4.69) is 19.9 Å². The zero-order valence-electron chi connectivity index (χ0n) is 17.5. The third kappa shape index (κ3) is 4.98. The lowest BCUT2D eigenvalue weighted by Gasteiger charge is -2.34. The highest BCUT2D eigenvalue weighted by Gasteiger charge is 2.21. The normalized spacial score (nSPS) is 15.2. The number of hydrogen-bond acceptors (Lipinski definition) is 7. The SMILES string of the molecule is COc1ccc(-c2noc(CN3CCN(Cc4c(F)cccc4Cl)CC3)n2)cc1OC. The van der Waals surface area contributed by atoms with Gasteiger partial charge in [-0.15, -0.1) is 0 Å². The average Bonchev–Trinajstić information content (AvgIpc) is 3.25. The summed E-state index contributed by atoms with van der Waals surface area (Å²) in [5, 5.41) is 4.57. The predicted molar refractivity (Wildman–Crippen MR) is 115 cm³/mol. The molecular formula is C22H24ClFN4O3. The lowest BCUT2D eigenvalue weighted by molar-refractivity contribution is 0.111. The molecule has 0 radical (unpaired) electrons. The molecule has 0 spiro atoms. The number of hydrogen-bond donors (Lipinski definition) is 0. The highest BCUT2D eigenvalue weighted by Crippen LogP contribution is 2.31. The van der Waals surface area contributed by atoms with Crippen molar-refractivity contribution in [2.45, 2.75) is 13.1 Å². The molecule has 2 aromatic carbocycles. The van der Waals surface area contributed by atoms with Crippen LogP contribution >= 0.6 is 11.6 Å². The largest absolute Gasteiger partial charge is 0.493 e. The zero-order valence-corrected chi connectivity index (χ0v) is 18.2. The maximum atomic E-state index is 14.0. The summed E-state index contributed by atoms with van der Waals surface area (Å²) in [5.74, 6) is 2.05. The van der Waals surface area contributed by atoms with E-state index in [-0.39, 0.29) is 5.82 Å². The van der Waals surface area contributed by atoms with Crippen molar-refractivity contribution in [2.24, 2.45) is 0 Å². The molecule has 0 atom stereocenters. The quantitative estimate of drug-likeness (QED) is 0.546. The number of piperazine rings is 1. The van der Waals surface area contributed by atoms with Crippen LogP contribution in [0.15, 0.2) is 40.9 Å². The first-order valence-electron chi connectivity index (χ1n) is 10.00. The first-order chi connectivity index (χ1) is 15.1. The second-order valence-corrected chi connectivity index (χ2v) is 7.74. The second kappa shape index (κ2) is 9.64. The van der Waals surface area contributed by atoms with Crippen molar-refractivity contribution in [3.63, 3.8) is 0 Å². The van der Waals surface area contributed by atoms with Crippen LogP contribution in [0.3, 0.4) is 0 Å². The molecule has 0 amide bonds. The van der Waals surface area contributed by atoms with E-state index in [1.165, 1.54) is 6.07 Å². The van der Waals surface area contributed by atoms with Crippen LogP contribution in [0.2, 0.25) is 5.02 Å². The van der Waals surface area contributed by atoms with Crippen molar-refractivity contribution >= 4 is 11.6 Å². The van der Waals surface area contributed by atoms with Gasteiger partial charge in [0.05, 0.1) is 20.8 Å². The molecule has 1 aliphatic rings. The molecule has 4 rings (SSSR count). The van der Waals surface area contributed by atoms with Crippen LogP contribution in [-0.4, -0.2) is 60.3 Å². The Bertz CT molecular complexity index is 1020. The molecule has 2 heterocycles. The minimum absolute atomic E-state index is 0.261. The van der Waals surface area contributed by atoms with Crippen LogP contribution in [-0.2, 0) is 13.1 Å². The molecule has 9 heteroatoms. The first-order valence-corrected chi connectivity index (χ1v) is 10.4. The molecule has 0 bridgehead atoms. The van der Waals surface area contributed by atoms with Crippen LogP contribution in [0.25, 0.3) is 11.4 Å². The summed E-state index contributed by atoms with van der Waals surface area (Å²) >= 11 is 6.15. The standard InChI is InChI=1S/C22H24ClFN4O3/c1-29-19-7-6-15(12-20(19)30-2)22-25-21(31-26-22)14-28-10-8-27(9-11-28)13-16-17(23)4-3-5-18(16)24/h3-7,12H,8-11,13-14H2,1-2H3. The molecule has 1 fully saturated rings. The summed E-state index contributed by atoms with van der Waals surface area (Å²) in [7, 11) is 3.18. The highest BCUT2D eigenvalue weighted by atomic mass is 35.5. The highest BCUT2D eigenvalue weighted by molar-refractivity contribution is 6.31.